The fraction of sp³-hybridized carbons (Fsp3) is 0.316. The van der Waals surface area contributed by atoms with Crippen LogP contribution in [0.2, 0.25) is 0 Å². The first-order valence-corrected chi connectivity index (χ1v) is 8.40. The van der Waals surface area contributed by atoms with Crippen molar-refractivity contribution in [1.82, 2.24) is 0 Å². The highest BCUT2D eigenvalue weighted by Gasteiger charge is 2.10. The number of carbonyl (C=O) groups excluding carboxylic acids is 1. The normalized spacial score (nSPS) is 10.2. The number of aryl methyl sites for hydroxylation is 1. The Kier molecular flexibility index (Phi) is 6.96. The van der Waals surface area contributed by atoms with Gasteiger partial charge in [-0.2, -0.15) is 0 Å². The van der Waals surface area contributed by atoms with Crippen LogP contribution in [0.4, 0.5) is 11.4 Å². The van der Waals surface area contributed by atoms with Gasteiger partial charge in [-0.15, -0.1) is 0 Å². The van der Waals surface area contributed by atoms with Crippen LogP contribution in [0.5, 0.6) is 11.5 Å². The zero-order chi connectivity index (χ0) is 18.9. The van der Waals surface area contributed by atoms with Gasteiger partial charge in [-0.3, -0.25) is 14.9 Å². The van der Waals surface area contributed by atoms with E-state index in [-0.39, 0.29) is 18.2 Å². The first-order valence-electron chi connectivity index (χ1n) is 8.40. The quantitative estimate of drug-likeness (QED) is 0.414. The topological polar surface area (TPSA) is 90.7 Å². The molecule has 0 heterocycles. The predicted molar refractivity (Wildman–Crippen MR) is 98.8 cm³/mol. The molecule has 138 valence electrons. The Labute approximate surface area is 152 Å². The molecule has 0 aliphatic heterocycles. The highest BCUT2D eigenvalue weighted by Crippen LogP contribution is 2.23. The maximum absolute atomic E-state index is 12.0. The molecule has 0 radical (unpaired) electrons. The molecule has 7 heteroatoms. The van der Waals surface area contributed by atoms with E-state index in [1.807, 2.05) is 0 Å². The van der Waals surface area contributed by atoms with Crippen LogP contribution in [-0.2, 0) is 4.79 Å². The van der Waals surface area contributed by atoms with E-state index in [4.69, 9.17) is 9.47 Å². The number of nitro benzene ring substituents is 1. The van der Waals surface area contributed by atoms with Crippen LogP contribution in [0.1, 0.15) is 25.3 Å². The number of nitrogens with one attached hydrogen (secondary N) is 1. The third-order valence-corrected chi connectivity index (χ3v) is 3.63. The van der Waals surface area contributed by atoms with Crippen molar-refractivity contribution < 1.29 is 19.2 Å². The minimum Gasteiger partial charge on any atom is -0.494 e. The van der Waals surface area contributed by atoms with E-state index in [2.05, 4.69) is 12.2 Å². The smallest absolute Gasteiger partial charge is 0.269 e. The van der Waals surface area contributed by atoms with Crippen molar-refractivity contribution in [3.63, 3.8) is 0 Å². The summed E-state index contributed by atoms with van der Waals surface area (Å²) < 4.78 is 11.0. The summed E-state index contributed by atoms with van der Waals surface area (Å²) >= 11 is 0. The number of amides is 1. The summed E-state index contributed by atoms with van der Waals surface area (Å²) in [5.74, 6) is 0.877. The average Bonchev–Trinajstić information content (AvgIpc) is 2.62. The first kappa shape index (κ1) is 19.2. The summed E-state index contributed by atoms with van der Waals surface area (Å²) in [4.78, 5) is 22.2. The maximum Gasteiger partial charge on any atom is 0.269 e. The van der Waals surface area contributed by atoms with E-state index in [0.29, 0.717) is 23.6 Å². The summed E-state index contributed by atoms with van der Waals surface area (Å²) in [5, 5.41) is 13.5. The van der Waals surface area contributed by atoms with Crippen LogP contribution in [0.25, 0.3) is 0 Å². The zero-order valence-corrected chi connectivity index (χ0v) is 14.9. The second kappa shape index (κ2) is 9.41. The average molecular weight is 358 g/mol. The number of benzene rings is 2. The van der Waals surface area contributed by atoms with Crippen molar-refractivity contribution in [2.75, 3.05) is 18.5 Å². The van der Waals surface area contributed by atoms with Gasteiger partial charge in [-0.05, 0) is 49.2 Å². The number of hydrogen-bond acceptors (Lipinski definition) is 5. The number of hydrogen-bond donors (Lipinski definition) is 1. The number of ether oxygens (including phenoxy) is 2. The lowest BCUT2D eigenvalue weighted by Gasteiger charge is -2.10. The van der Waals surface area contributed by atoms with Gasteiger partial charge in [0.1, 0.15) is 11.5 Å². The van der Waals surface area contributed by atoms with Crippen molar-refractivity contribution >= 4 is 17.3 Å². The maximum atomic E-state index is 12.0. The summed E-state index contributed by atoms with van der Waals surface area (Å²) in [6, 6.07) is 11.4. The standard InChI is InChI=1S/C19H22N2O5/c1-3-4-11-25-17-8-5-15(6-9-17)20-19(22)13-26-18-10-7-16(21(23)24)12-14(18)2/h5-10,12H,3-4,11,13H2,1-2H3,(H,20,22). The number of unbranched alkanes of at least 4 members (excludes halogenated alkanes) is 1. The van der Waals surface area contributed by atoms with E-state index < -0.39 is 4.92 Å². The third kappa shape index (κ3) is 5.77. The number of non-ortho nitro benzene ring substituents is 1. The number of anilines is 1. The Hall–Kier alpha value is -3.09. The van der Waals surface area contributed by atoms with E-state index in [1.54, 1.807) is 31.2 Å². The van der Waals surface area contributed by atoms with E-state index in [0.717, 1.165) is 18.6 Å². The molecule has 0 bridgehead atoms. The fourth-order valence-corrected chi connectivity index (χ4v) is 2.22. The number of rotatable bonds is 9. The van der Waals surface area contributed by atoms with Gasteiger partial charge in [0.05, 0.1) is 11.5 Å². The van der Waals surface area contributed by atoms with Crippen LogP contribution in [0.3, 0.4) is 0 Å². The highest BCUT2D eigenvalue weighted by atomic mass is 16.6. The Bertz CT molecular complexity index is 759. The van der Waals surface area contributed by atoms with Gasteiger partial charge in [0.2, 0.25) is 0 Å². The summed E-state index contributed by atoms with van der Waals surface area (Å²) in [5.41, 5.74) is 1.22. The lowest BCUT2D eigenvalue weighted by molar-refractivity contribution is -0.384. The van der Waals surface area contributed by atoms with Gasteiger partial charge in [-0.25, -0.2) is 0 Å². The van der Waals surface area contributed by atoms with Gasteiger partial charge < -0.3 is 14.8 Å². The number of nitro groups is 1. The summed E-state index contributed by atoms with van der Waals surface area (Å²) in [7, 11) is 0. The van der Waals surface area contributed by atoms with Gasteiger partial charge in [0.15, 0.2) is 6.61 Å². The van der Waals surface area contributed by atoms with Gasteiger partial charge in [0.25, 0.3) is 11.6 Å². The van der Waals surface area contributed by atoms with Crippen molar-refractivity contribution in [2.24, 2.45) is 0 Å². The highest BCUT2D eigenvalue weighted by molar-refractivity contribution is 5.91. The molecule has 0 fully saturated rings. The minimum absolute atomic E-state index is 0.0134. The molecule has 0 saturated heterocycles. The molecule has 1 amide bonds. The molecule has 0 aliphatic rings. The molecule has 2 aromatic carbocycles. The van der Waals surface area contributed by atoms with Crippen molar-refractivity contribution in [3.8, 4) is 11.5 Å². The molecule has 0 aliphatic carbocycles. The monoisotopic (exact) mass is 358 g/mol. The lowest BCUT2D eigenvalue weighted by Crippen LogP contribution is -2.20. The van der Waals surface area contributed by atoms with Crippen molar-refractivity contribution in [2.45, 2.75) is 26.7 Å². The van der Waals surface area contributed by atoms with Gasteiger partial charge in [-0.1, -0.05) is 13.3 Å². The molecular weight excluding hydrogens is 336 g/mol. The second-order valence-electron chi connectivity index (χ2n) is 5.77. The van der Waals surface area contributed by atoms with E-state index >= 15 is 0 Å². The summed E-state index contributed by atoms with van der Waals surface area (Å²) in [6.45, 7) is 4.28. The molecule has 26 heavy (non-hydrogen) atoms. The van der Waals surface area contributed by atoms with Crippen LogP contribution in [-0.4, -0.2) is 24.0 Å². The van der Waals surface area contributed by atoms with E-state index in [9.17, 15) is 14.9 Å². The molecule has 0 atom stereocenters. The van der Waals surface area contributed by atoms with E-state index in [1.165, 1.54) is 18.2 Å². The SMILES string of the molecule is CCCCOc1ccc(NC(=O)COc2ccc([N+](=O)[O-])cc2C)cc1. The Morgan fingerprint density at radius 1 is 1.15 bits per heavy atom. The minimum atomic E-state index is -0.473. The van der Waals surface area contributed by atoms with Gasteiger partial charge in [0, 0.05) is 17.8 Å². The lowest BCUT2D eigenvalue weighted by atomic mass is 10.2. The molecule has 2 aromatic rings. The van der Waals surface area contributed by atoms with Gasteiger partial charge >= 0.3 is 0 Å². The second-order valence-corrected chi connectivity index (χ2v) is 5.77. The third-order valence-electron chi connectivity index (χ3n) is 3.63. The van der Waals surface area contributed by atoms with Crippen LogP contribution >= 0.6 is 0 Å². The van der Waals surface area contributed by atoms with Crippen molar-refractivity contribution in [1.29, 1.82) is 0 Å². The van der Waals surface area contributed by atoms with Crippen LogP contribution in [0.15, 0.2) is 42.5 Å². The number of carbonyl (C=O) groups is 1. The molecule has 0 saturated carbocycles. The zero-order valence-electron chi connectivity index (χ0n) is 14.9. The Morgan fingerprint density at radius 2 is 1.88 bits per heavy atom. The molecular formula is C19H22N2O5. The summed E-state index contributed by atoms with van der Waals surface area (Å²) in [6.07, 6.45) is 2.07. The Morgan fingerprint density at radius 3 is 2.50 bits per heavy atom. The Balaban J connectivity index is 1.84. The molecule has 1 N–H and O–H groups in total. The fourth-order valence-electron chi connectivity index (χ4n) is 2.22. The van der Waals surface area contributed by atoms with Crippen molar-refractivity contribution in [3.05, 3.63) is 58.1 Å². The molecule has 0 aromatic heterocycles. The van der Waals surface area contributed by atoms with Crippen LogP contribution < -0.4 is 14.8 Å². The molecule has 0 spiro atoms. The number of nitrogens with zero attached hydrogens (tertiary/aromatic N) is 1. The molecule has 7 nitrogen and oxygen atoms in total. The predicted octanol–water partition coefficient (Wildman–Crippen LogP) is 4.10. The first-order chi connectivity index (χ1) is 12.5. The van der Waals surface area contributed by atoms with Crippen LogP contribution in [0, 0.1) is 17.0 Å². The largest absolute Gasteiger partial charge is 0.494 e. The molecule has 0 unspecified atom stereocenters. The molecule has 2 rings (SSSR count).